The molecule has 0 bridgehead atoms. The van der Waals surface area contributed by atoms with Gasteiger partial charge in [-0.2, -0.15) is 0 Å². The number of H-pyrrole nitrogens is 1. The second-order valence-electron chi connectivity index (χ2n) is 9.64. The Balaban J connectivity index is 1.16. The molecule has 1 aromatic carbocycles. The van der Waals surface area contributed by atoms with Gasteiger partial charge in [0.1, 0.15) is 0 Å². The van der Waals surface area contributed by atoms with Crippen LogP contribution in [0.25, 0.3) is 10.9 Å². The molecule has 1 atom stereocenters. The highest BCUT2D eigenvalue weighted by molar-refractivity contribution is 5.89. The van der Waals surface area contributed by atoms with Crippen molar-refractivity contribution in [3.05, 3.63) is 36.0 Å². The fraction of sp³-hybridized carbons (Fsp3) is 0.600. The Kier molecular flexibility index (Phi) is 8.01. The van der Waals surface area contributed by atoms with Crippen molar-refractivity contribution in [2.45, 2.75) is 26.4 Å². The maximum atomic E-state index is 12.8. The van der Waals surface area contributed by atoms with E-state index >= 15 is 0 Å². The summed E-state index contributed by atoms with van der Waals surface area (Å²) in [4.78, 5) is 34.9. The molecule has 2 amide bonds. The SMILES string of the molecule is CC(C)CN1CCOC(CNC(=O)CN2CCN(C(=O)Cc3c[nH]c4ccccc34)CC2)C1. The van der Waals surface area contributed by atoms with Crippen LogP contribution in [0, 0.1) is 5.92 Å². The number of rotatable bonds is 8. The van der Waals surface area contributed by atoms with Crippen LogP contribution in [0.3, 0.4) is 0 Å². The quantitative estimate of drug-likeness (QED) is 0.628. The summed E-state index contributed by atoms with van der Waals surface area (Å²) in [6.07, 6.45) is 2.39. The first-order valence-corrected chi connectivity index (χ1v) is 12.1. The summed E-state index contributed by atoms with van der Waals surface area (Å²) >= 11 is 0. The highest BCUT2D eigenvalue weighted by Crippen LogP contribution is 2.19. The Morgan fingerprint density at radius 1 is 1.12 bits per heavy atom. The number of nitrogens with one attached hydrogen (secondary N) is 2. The first kappa shape index (κ1) is 23.7. The maximum Gasteiger partial charge on any atom is 0.234 e. The maximum absolute atomic E-state index is 12.8. The molecule has 33 heavy (non-hydrogen) atoms. The van der Waals surface area contributed by atoms with Crippen molar-refractivity contribution in [2.24, 2.45) is 5.92 Å². The van der Waals surface area contributed by atoms with Crippen molar-refractivity contribution in [3.8, 4) is 0 Å². The lowest BCUT2D eigenvalue weighted by molar-refractivity contribution is -0.132. The average Bonchev–Trinajstić information content (AvgIpc) is 3.21. The van der Waals surface area contributed by atoms with Crippen LogP contribution in [-0.2, 0) is 20.7 Å². The van der Waals surface area contributed by atoms with Gasteiger partial charge in [-0.05, 0) is 17.5 Å². The Hall–Kier alpha value is -2.42. The van der Waals surface area contributed by atoms with Crippen LogP contribution in [-0.4, -0.2) is 103 Å². The van der Waals surface area contributed by atoms with E-state index in [-0.39, 0.29) is 17.9 Å². The Morgan fingerprint density at radius 2 is 1.91 bits per heavy atom. The molecule has 2 aromatic rings. The van der Waals surface area contributed by atoms with E-state index in [9.17, 15) is 9.59 Å². The van der Waals surface area contributed by atoms with E-state index in [4.69, 9.17) is 4.74 Å². The number of morpholine rings is 1. The number of benzene rings is 1. The summed E-state index contributed by atoms with van der Waals surface area (Å²) in [6, 6.07) is 8.06. The monoisotopic (exact) mass is 455 g/mol. The van der Waals surface area contributed by atoms with Crippen LogP contribution in [0.1, 0.15) is 19.4 Å². The number of nitrogens with zero attached hydrogens (tertiary/aromatic N) is 3. The summed E-state index contributed by atoms with van der Waals surface area (Å²) in [5.74, 6) is 0.800. The average molecular weight is 456 g/mol. The van der Waals surface area contributed by atoms with E-state index in [2.05, 4.69) is 33.9 Å². The lowest BCUT2D eigenvalue weighted by atomic mass is 10.1. The molecule has 2 aliphatic heterocycles. The highest BCUT2D eigenvalue weighted by Gasteiger charge is 2.24. The van der Waals surface area contributed by atoms with Crippen molar-refractivity contribution in [2.75, 3.05) is 65.5 Å². The molecule has 8 heteroatoms. The van der Waals surface area contributed by atoms with Gasteiger partial charge in [0.2, 0.25) is 11.8 Å². The van der Waals surface area contributed by atoms with Crippen LogP contribution < -0.4 is 5.32 Å². The normalized spacial score (nSPS) is 20.5. The van der Waals surface area contributed by atoms with E-state index in [1.54, 1.807) is 0 Å². The minimum Gasteiger partial charge on any atom is -0.374 e. The molecular weight excluding hydrogens is 418 g/mol. The van der Waals surface area contributed by atoms with Gasteiger partial charge in [-0.15, -0.1) is 0 Å². The predicted octanol–water partition coefficient (Wildman–Crippen LogP) is 1.33. The lowest BCUT2D eigenvalue weighted by Crippen LogP contribution is -2.52. The zero-order valence-corrected chi connectivity index (χ0v) is 19.9. The molecule has 4 rings (SSSR count). The van der Waals surface area contributed by atoms with Crippen molar-refractivity contribution in [3.63, 3.8) is 0 Å². The fourth-order valence-corrected chi connectivity index (χ4v) is 4.78. The van der Waals surface area contributed by atoms with Crippen molar-refractivity contribution >= 4 is 22.7 Å². The molecule has 3 heterocycles. The minimum absolute atomic E-state index is 0.0261. The smallest absolute Gasteiger partial charge is 0.234 e. The lowest BCUT2D eigenvalue weighted by Gasteiger charge is -2.35. The zero-order chi connectivity index (χ0) is 23.2. The third kappa shape index (κ3) is 6.56. The van der Waals surface area contributed by atoms with Crippen LogP contribution >= 0.6 is 0 Å². The molecule has 0 saturated carbocycles. The number of para-hydroxylation sites is 1. The van der Waals surface area contributed by atoms with Crippen molar-refractivity contribution in [1.29, 1.82) is 0 Å². The van der Waals surface area contributed by atoms with Crippen molar-refractivity contribution < 1.29 is 14.3 Å². The summed E-state index contributed by atoms with van der Waals surface area (Å²) in [6.45, 7) is 11.7. The molecule has 2 N–H and O–H groups in total. The molecule has 0 aliphatic carbocycles. The predicted molar refractivity (Wildman–Crippen MR) is 129 cm³/mol. The van der Waals surface area contributed by atoms with Gasteiger partial charge in [-0.1, -0.05) is 32.0 Å². The minimum atomic E-state index is 0.0261. The summed E-state index contributed by atoms with van der Waals surface area (Å²) in [7, 11) is 0. The number of aromatic amines is 1. The second kappa shape index (κ2) is 11.1. The van der Waals surface area contributed by atoms with Gasteiger partial charge < -0.3 is 19.9 Å². The van der Waals surface area contributed by atoms with Crippen LogP contribution in [0.5, 0.6) is 0 Å². The van der Waals surface area contributed by atoms with Gasteiger partial charge in [0, 0.05) is 69.5 Å². The van der Waals surface area contributed by atoms with E-state index in [1.165, 1.54) is 0 Å². The molecule has 2 saturated heterocycles. The fourth-order valence-electron chi connectivity index (χ4n) is 4.78. The molecule has 0 spiro atoms. The van der Waals surface area contributed by atoms with E-state index in [0.29, 0.717) is 38.5 Å². The zero-order valence-electron chi connectivity index (χ0n) is 19.9. The van der Waals surface area contributed by atoms with Gasteiger partial charge >= 0.3 is 0 Å². The second-order valence-corrected chi connectivity index (χ2v) is 9.64. The van der Waals surface area contributed by atoms with Gasteiger partial charge in [-0.3, -0.25) is 19.4 Å². The molecule has 0 radical (unpaired) electrons. The Morgan fingerprint density at radius 3 is 2.70 bits per heavy atom. The molecule has 180 valence electrons. The summed E-state index contributed by atoms with van der Waals surface area (Å²) in [5, 5.41) is 4.14. The van der Waals surface area contributed by atoms with Crippen LogP contribution in [0.2, 0.25) is 0 Å². The topological polar surface area (TPSA) is 80.9 Å². The molecule has 1 unspecified atom stereocenters. The highest BCUT2D eigenvalue weighted by atomic mass is 16.5. The number of fused-ring (bicyclic) bond motifs is 1. The first-order valence-electron chi connectivity index (χ1n) is 12.1. The summed E-state index contributed by atoms with van der Waals surface area (Å²) in [5.41, 5.74) is 2.09. The molecule has 2 fully saturated rings. The Bertz CT molecular complexity index is 935. The molecule has 1 aromatic heterocycles. The number of carbonyl (C=O) groups excluding carboxylic acids is 2. The molecule has 8 nitrogen and oxygen atoms in total. The van der Waals surface area contributed by atoms with E-state index in [0.717, 1.165) is 55.8 Å². The largest absolute Gasteiger partial charge is 0.374 e. The number of amides is 2. The Labute approximate surface area is 196 Å². The van der Waals surface area contributed by atoms with E-state index < -0.39 is 0 Å². The van der Waals surface area contributed by atoms with Gasteiger partial charge in [-0.25, -0.2) is 0 Å². The molecular formula is C25H37N5O3. The first-order chi connectivity index (χ1) is 16.0. The number of carbonyl (C=O) groups is 2. The van der Waals surface area contributed by atoms with Crippen molar-refractivity contribution in [1.82, 2.24) is 25.0 Å². The van der Waals surface area contributed by atoms with Gasteiger partial charge in [0.25, 0.3) is 0 Å². The van der Waals surface area contributed by atoms with E-state index in [1.807, 2.05) is 35.4 Å². The number of hydrogen-bond acceptors (Lipinski definition) is 5. The van der Waals surface area contributed by atoms with Crippen LogP contribution in [0.15, 0.2) is 30.5 Å². The number of piperazine rings is 1. The van der Waals surface area contributed by atoms with Gasteiger partial charge in [0.05, 0.1) is 25.7 Å². The van der Waals surface area contributed by atoms with Crippen LogP contribution in [0.4, 0.5) is 0 Å². The standard InChI is InChI=1S/C25H37N5O3/c1-19(2)16-29-11-12-33-21(17-29)15-27-24(31)18-28-7-9-30(10-8-28)25(32)13-20-14-26-23-6-4-3-5-22(20)23/h3-6,14,19,21,26H,7-13,15-18H2,1-2H3,(H,27,31). The van der Waals surface area contributed by atoms with Gasteiger partial charge in [0.15, 0.2) is 0 Å². The third-order valence-corrected chi connectivity index (χ3v) is 6.48. The summed E-state index contributed by atoms with van der Waals surface area (Å²) < 4.78 is 5.82. The third-order valence-electron chi connectivity index (χ3n) is 6.48. The number of ether oxygens (including phenoxy) is 1. The number of aromatic nitrogens is 1. The number of hydrogen-bond donors (Lipinski definition) is 2. The molecule has 2 aliphatic rings.